The average molecular weight is 250 g/mol. The highest BCUT2D eigenvalue weighted by Crippen LogP contribution is 2.21. The van der Waals surface area contributed by atoms with Crippen molar-refractivity contribution in [3.05, 3.63) is 34.5 Å². The predicted molar refractivity (Wildman–Crippen MR) is 70.2 cm³/mol. The largest absolute Gasteiger partial charge is 0.304 e. The average Bonchev–Trinajstić information content (AvgIpc) is 2.97. The van der Waals surface area contributed by atoms with Crippen LogP contribution in [0.2, 0.25) is 0 Å². The molecule has 0 radical (unpaired) electrons. The second-order valence-corrected chi connectivity index (χ2v) is 4.60. The lowest BCUT2D eigenvalue weighted by molar-refractivity contribution is 0.515. The van der Waals surface area contributed by atoms with Crippen LogP contribution >= 0.6 is 11.3 Å². The third-order valence-corrected chi connectivity index (χ3v) is 3.24. The summed E-state index contributed by atoms with van der Waals surface area (Å²) >= 11 is 1.63. The molecule has 1 unspecified atom stereocenters. The summed E-state index contributed by atoms with van der Waals surface area (Å²) in [6.07, 6.45) is 2.95. The first-order valence-electron chi connectivity index (χ1n) is 6.00. The van der Waals surface area contributed by atoms with Crippen LogP contribution < -0.4 is 5.32 Å². The SMILES string of the molecule is CCCn1nccc1C(NCC)c1cscn1. The van der Waals surface area contributed by atoms with Crippen molar-refractivity contribution >= 4 is 11.3 Å². The third kappa shape index (κ3) is 2.73. The Kier molecular flexibility index (Phi) is 4.28. The fourth-order valence-corrected chi connectivity index (χ4v) is 2.50. The Bertz CT molecular complexity index is 435. The van der Waals surface area contributed by atoms with Crippen molar-refractivity contribution in [3.8, 4) is 0 Å². The molecule has 0 saturated carbocycles. The minimum absolute atomic E-state index is 0.153. The van der Waals surface area contributed by atoms with Crippen LogP contribution in [0.25, 0.3) is 0 Å². The maximum atomic E-state index is 4.41. The van der Waals surface area contributed by atoms with Gasteiger partial charge in [0.25, 0.3) is 0 Å². The number of rotatable bonds is 6. The summed E-state index contributed by atoms with van der Waals surface area (Å²) in [6, 6.07) is 2.22. The molecule has 0 aliphatic carbocycles. The Hall–Kier alpha value is -1.20. The highest BCUT2D eigenvalue weighted by atomic mass is 32.1. The van der Waals surface area contributed by atoms with Gasteiger partial charge in [-0.05, 0) is 19.0 Å². The first kappa shape index (κ1) is 12.3. The molecule has 92 valence electrons. The second kappa shape index (κ2) is 5.93. The lowest BCUT2D eigenvalue weighted by Gasteiger charge is -2.17. The van der Waals surface area contributed by atoms with Crippen molar-refractivity contribution in [2.45, 2.75) is 32.9 Å². The highest BCUT2D eigenvalue weighted by Gasteiger charge is 2.18. The number of aryl methyl sites for hydroxylation is 1. The maximum absolute atomic E-state index is 4.41. The summed E-state index contributed by atoms with van der Waals surface area (Å²) in [5.74, 6) is 0. The summed E-state index contributed by atoms with van der Waals surface area (Å²) in [5.41, 5.74) is 4.15. The molecule has 1 atom stereocenters. The molecule has 4 nitrogen and oxygen atoms in total. The van der Waals surface area contributed by atoms with E-state index in [0.29, 0.717) is 0 Å². The van der Waals surface area contributed by atoms with Gasteiger partial charge in [0.15, 0.2) is 0 Å². The van der Waals surface area contributed by atoms with Crippen molar-refractivity contribution in [2.24, 2.45) is 0 Å². The molecule has 0 saturated heterocycles. The van der Waals surface area contributed by atoms with Gasteiger partial charge >= 0.3 is 0 Å². The van der Waals surface area contributed by atoms with E-state index in [1.54, 1.807) is 11.3 Å². The minimum atomic E-state index is 0.153. The van der Waals surface area contributed by atoms with Crippen LogP contribution in [-0.2, 0) is 6.54 Å². The van der Waals surface area contributed by atoms with E-state index in [1.807, 2.05) is 11.7 Å². The normalized spacial score (nSPS) is 12.8. The van der Waals surface area contributed by atoms with Gasteiger partial charge in [-0.2, -0.15) is 5.10 Å². The molecule has 2 aromatic heterocycles. The van der Waals surface area contributed by atoms with E-state index >= 15 is 0 Å². The van der Waals surface area contributed by atoms with Gasteiger partial charge in [0.2, 0.25) is 0 Å². The molecule has 2 rings (SSSR count). The van der Waals surface area contributed by atoms with Gasteiger partial charge in [-0.25, -0.2) is 4.98 Å². The van der Waals surface area contributed by atoms with Crippen LogP contribution in [-0.4, -0.2) is 21.3 Å². The van der Waals surface area contributed by atoms with Gasteiger partial charge in [0, 0.05) is 18.1 Å². The topological polar surface area (TPSA) is 42.7 Å². The van der Waals surface area contributed by atoms with Gasteiger partial charge in [0.05, 0.1) is 22.9 Å². The molecule has 1 N–H and O–H groups in total. The van der Waals surface area contributed by atoms with Crippen molar-refractivity contribution in [1.82, 2.24) is 20.1 Å². The number of thiazole rings is 1. The molecule has 0 aromatic carbocycles. The van der Waals surface area contributed by atoms with Gasteiger partial charge in [-0.15, -0.1) is 11.3 Å². The van der Waals surface area contributed by atoms with E-state index in [4.69, 9.17) is 0 Å². The van der Waals surface area contributed by atoms with Gasteiger partial charge in [-0.3, -0.25) is 4.68 Å². The van der Waals surface area contributed by atoms with Crippen LogP contribution in [0.5, 0.6) is 0 Å². The van der Waals surface area contributed by atoms with E-state index < -0.39 is 0 Å². The summed E-state index contributed by atoms with van der Waals surface area (Å²) in [4.78, 5) is 4.41. The zero-order valence-corrected chi connectivity index (χ0v) is 11.1. The molecule has 0 spiro atoms. The van der Waals surface area contributed by atoms with E-state index in [2.05, 4.69) is 45.4 Å². The van der Waals surface area contributed by atoms with Crippen LogP contribution in [0.15, 0.2) is 23.2 Å². The lowest BCUT2D eigenvalue weighted by atomic mass is 10.1. The van der Waals surface area contributed by atoms with E-state index in [1.165, 1.54) is 5.69 Å². The van der Waals surface area contributed by atoms with Crippen LogP contribution in [0.3, 0.4) is 0 Å². The standard InChI is InChI=1S/C12H18N4S/c1-3-7-16-11(5-6-15-16)12(13-4-2)10-8-17-9-14-10/h5-6,8-9,12-13H,3-4,7H2,1-2H3. The van der Waals surface area contributed by atoms with Crippen molar-refractivity contribution < 1.29 is 0 Å². The summed E-state index contributed by atoms with van der Waals surface area (Å²) in [6.45, 7) is 6.14. The Labute approximate surface area is 106 Å². The quantitative estimate of drug-likeness (QED) is 0.856. The molecular weight excluding hydrogens is 232 g/mol. The van der Waals surface area contributed by atoms with E-state index in [9.17, 15) is 0 Å². The fourth-order valence-electron chi connectivity index (χ4n) is 1.92. The molecule has 0 aliphatic rings. The third-order valence-electron chi connectivity index (χ3n) is 2.64. The number of nitrogens with one attached hydrogen (secondary N) is 1. The number of nitrogens with zero attached hydrogens (tertiary/aromatic N) is 3. The zero-order valence-electron chi connectivity index (χ0n) is 10.3. The molecular formula is C12H18N4S. The van der Waals surface area contributed by atoms with Crippen LogP contribution in [0.4, 0.5) is 0 Å². The van der Waals surface area contributed by atoms with Crippen LogP contribution in [0, 0.1) is 0 Å². The molecule has 0 bridgehead atoms. The molecule has 2 aromatic rings. The van der Waals surface area contributed by atoms with Crippen LogP contribution in [0.1, 0.15) is 37.7 Å². The first-order valence-corrected chi connectivity index (χ1v) is 6.94. The van der Waals surface area contributed by atoms with Crippen molar-refractivity contribution in [1.29, 1.82) is 0 Å². The maximum Gasteiger partial charge on any atom is 0.0930 e. The summed E-state index contributed by atoms with van der Waals surface area (Å²) in [5, 5.41) is 9.93. The zero-order chi connectivity index (χ0) is 12.1. The summed E-state index contributed by atoms with van der Waals surface area (Å²) in [7, 11) is 0. The Morgan fingerprint density at radius 1 is 1.47 bits per heavy atom. The molecule has 0 amide bonds. The van der Waals surface area contributed by atoms with Crippen molar-refractivity contribution in [3.63, 3.8) is 0 Å². The predicted octanol–water partition coefficient (Wildman–Crippen LogP) is 2.45. The van der Waals surface area contributed by atoms with Gasteiger partial charge in [0.1, 0.15) is 0 Å². The first-order chi connectivity index (χ1) is 8.36. The van der Waals surface area contributed by atoms with Crippen molar-refractivity contribution in [2.75, 3.05) is 6.54 Å². The molecule has 0 aliphatic heterocycles. The smallest absolute Gasteiger partial charge is 0.0930 e. The summed E-state index contributed by atoms with van der Waals surface area (Å²) < 4.78 is 2.06. The number of hydrogen-bond acceptors (Lipinski definition) is 4. The van der Waals surface area contributed by atoms with Gasteiger partial charge < -0.3 is 5.32 Å². The Morgan fingerprint density at radius 3 is 3.00 bits per heavy atom. The fraction of sp³-hybridized carbons (Fsp3) is 0.500. The highest BCUT2D eigenvalue weighted by molar-refractivity contribution is 7.07. The van der Waals surface area contributed by atoms with E-state index in [0.717, 1.165) is 25.2 Å². The number of aromatic nitrogens is 3. The van der Waals surface area contributed by atoms with E-state index in [-0.39, 0.29) is 6.04 Å². The monoisotopic (exact) mass is 250 g/mol. The van der Waals surface area contributed by atoms with Gasteiger partial charge in [-0.1, -0.05) is 13.8 Å². The number of hydrogen-bond donors (Lipinski definition) is 1. The lowest BCUT2D eigenvalue weighted by Crippen LogP contribution is -2.25. The molecule has 5 heteroatoms. The molecule has 17 heavy (non-hydrogen) atoms. The Morgan fingerprint density at radius 2 is 2.35 bits per heavy atom. The molecule has 2 heterocycles. The minimum Gasteiger partial charge on any atom is -0.304 e. The molecule has 0 fully saturated rings. The Balaban J connectivity index is 2.29. The second-order valence-electron chi connectivity index (χ2n) is 3.88.